The van der Waals surface area contributed by atoms with Gasteiger partial charge in [-0.05, 0) is 61.7 Å². The molecule has 0 aliphatic carbocycles. The summed E-state index contributed by atoms with van der Waals surface area (Å²) in [5.41, 5.74) is 3.12. The van der Waals surface area contributed by atoms with E-state index >= 15 is 0 Å². The second-order valence-corrected chi connectivity index (χ2v) is 10.6. The van der Waals surface area contributed by atoms with Crippen LogP contribution in [-0.2, 0) is 25.5 Å². The fraction of sp³-hybridized carbons (Fsp3) is 0.321. The lowest BCUT2D eigenvalue weighted by Crippen LogP contribution is -2.52. The average Bonchev–Trinajstić information content (AvgIpc) is 2.80. The molecule has 0 bridgehead atoms. The maximum Gasteiger partial charge on any atom is 0.303 e. The molecule has 2 atom stereocenters. The Labute approximate surface area is 230 Å². The number of aromatic nitrogens is 1. The first-order chi connectivity index (χ1) is 17.4. The van der Waals surface area contributed by atoms with E-state index in [2.05, 4.69) is 0 Å². The van der Waals surface area contributed by atoms with Gasteiger partial charge in [-0.25, -0.2) is 4.98 Å². The van der Waals surface area contributed by atoms with Crippen LogP contribution >= 0.6 is 34.8 Å². The third kappa shape index (κ3) is 5.42. The Morgan fingerprint density at radius 3 is 2.16 bits per heavy atom. The van der Waals surface area contributed by atoms with E-state index in [1.54, 1.807) is 44.2 Å². The molecule has 9 heteroatoms. The molecule has 0 saturated carbocycles. The zero-order chi connectivity index (χ0) is 27.1. The van der Waals surface area contributed by atoms with E-state index in [0.717, 1.165) is 16.7 Å². The summed E-state index contributed by atoms with van der Waals surface area (Å²) >= 11 is 19.0. The highest BCUT2D eigenvalue weighted by Gasteiger charge is 2.50. The van der Waals surface area contributed by atoms with Gasteiger partial charge in [0.25, 0.3) is 0 Å². The summed E-state index contributed by atoms with van der Waals surface area (Å²) in [4.78, 5) is 29.2. The van der Waals surface area contributed by atoms with Crippen LogP contribution in [0.2, 0.25) is 15.1 Å². The molecule has 1 aliphatic heterocycles. The van der Waals surface area contributed by atoms with Gasteiger partial charge >= 0.3 is 11.9 Å². The number of rotatable bonds is 5. The highest BCUT2D eigenvalue weighted by Crippen LogP contribution is 2.50. The minimum Gasteiger partial charge on any atom is -0.467 e. The molecule has 2 heterocycles. The predicted molar refractivity (Wildman–Crippen MR) is 144 cm³/mol. The number of hydrogen-bond acceptors (Lipinski definition) is 6. The Balaban J connectivity index is 2.11. The molecule has 0 saturated heterocycles. The number of carbonyl (C=O) groups excluding carboxylic acids is 2. The highest BCUT2D eigenvalue weighted by atomic mass is 35.5. The van der Waals surface area contributed by atoms with Gasteiger partial charge < -0.3 is 14.2 Å². The number of pyridine rings is 1. The Kier molecular flexibility index (Phi) is 7.75. The van der Waals surface area contributed by atoms with Crippen molar-refractivity contribution in [3.63, 3.8) is 0 Å². The van der Waals surface area contributed by atoms with Crippen molar-refractivity contribution in [2.75, 3.05) is 0 Å². The summed E-state index contributed by atoms with van der Waals surface area (Å²) in [5, 5.41) is 1.49. The van der Waals surface area contributed by atoms with Crippen LogP contribution < -0.4 is 4.74 Å². The monoisotopic (exact) mass is 561 g/mol. The molecule has 0 spiro atoms. The standard InChI is InChI=1S/C28H26Cl3NO5/c1-6-19-22(16-7-9-17(29)10-8-16)24(20-12-11-18(30)13-21(20)31)32-27-23(19)25(35-14(2)33)26(36-15(3)34)28(4,5)37-27/h7-13,25-26H,6H2,1-5H3. The maximum atomic E-state index is 12.3. The number of halogens is 3. The zero-order valence-electron chi connectivity index (χ0n) is 21.0. The topological polar surface area (TPSA) is 74.7 Å². The predicted octanol–water partition coefficient (Wildman–Crippen LogP) is 7.65. The van der Waals surface area contributed by atoms with Crippen LogP contribution in [0.3, 0.4) is 0 Å². The summed E-state index contributed by atoms with van der Waals surface area (Å²) in [5.74, 6) is -0.767. The van der Waals surface area contributed by atoms with Gasteiger partial charge in [0, 0.05) is 35.0 Å². The number of nitrogens with zero attached hydrogens (tertiary/aromatic N) is 1. The fourth-order valence-electron chi connectivity index (χ4n) is 4.67. The lowest BCUT2D eigenvalue weighted by Gasteiger charge is -2.43. The normalized spacial score (nSPS) is 17.9. The molecule has 2 aromatic carbocycles. The van der Waals surface area contributed by atoms with Crippen molar-refractivity contribution in [2.24, 2.45) is 0 Å². The number of ether oxygens (including phenoxy) is 3. The largest absolute Gasteiger partial charge is 0.467 e. The van der Waals surface area contributed by atoms with Crippen molar-refractivity contribution < 1.29 is 23.8 Å². The van der Waals surface area contributed by atoms with Crippen molar-refractivity contribution in [1.82, 2.24) is 4.98 Å². The quantitative estimate of drug-likeness (QED) is 0.297. The Hall–Kier alpha value is -2.80. The average molecular weight is 563 g/mol. The third-order valence-electron chi connectivity index (χ3n) is 6.17. The molecule has 3 aromatic rings. The first-order valence-corrected chi connectivity index (χ1v) is 12.9. The van der Waals surface area contributed by atoms with E-state index in [4.69, 9.17) is 54.0 Å². The molecular weight excluding hydrogens is 537 g/mol. The molecule has 4 rings (SSSR count). The SMILES string of the molecule is CCc1c(-c2ccc(Cl)cc2)c(-c2ccc(Cl)cc2Cl)nc2c1C(OC(C)=O)C(OC(C)=O)C(C)(C)O2. The molecular formula is C28H26Cl3NO5. The number of fused-ring (bicyclic) bond motifs is 1. The van der Waals surface area contributed by atoms with Crippen LogP contribution in [0.5, 0.6) is 5.88 Å². The molecule has 0 radical (unpaired) electrons. The van der Waals surface area contributed by atoms with Gasteiger partial charge in [-0.15, -0.1) is 0 Å². The molecule has 194 valence electrons. The number of benzene rings is 2. The van der Waals surface area contributed by atoms with Crippen molar-refractivity contribution in [3.8, 4) is 28.3 Å². The van der Waals surface area contributed by atoms with Crippen LogP contribution in [0, 0.1) is 0 Å². The number of hydrogen-bond donors (Lipinski definition) is 0. The molecule has 1 aliphatic rings. The maximum absolute atomic E-state index is 12.3. The van der Waals surface area contributed by atoms with E-state index < -0.39 is 29.7 Å². The molecule has 0 amide bonds. The van der Waals surface area contributed by atoms with Gasteiger partial charge in [-0.2, -0.15) is 0 Å². The van der Waals surface area contributed by atoms with Crippen LogP contribution in [0.1, 0.15) is 51.8 Å². The first kappa shape index (κ1) is 27.2. The molecule has 37 heavy (non-hydrogen) atoms. The molecule has 2 unspecified atom stereocenters. The van der Waals surface area contributed by atoms with E-state index in [-0.39, 0.29) is 5.88 Å². The smallest absolute Gasteiger partial charge is 0.303 e. The third-order valence-corrected chi connectivity index (χ3v) is 6.97. The zero-order valence-corrected chi connectivity index (χ0v) is 23.3. The lowest BCUT2D eigenvalue weighted by atomic mass is 9.82. The molecule has 0 N–H and O–H groups in total. The molecule has 6 nitrogen and oxygen atoms in total. The van der Waals surface area contributed by atoms with E-state index in [1.807, 2.05) is 19.1 Å². The van der Waals surface area contributed by atoms with Crippen LogP contribution in [-0.4, -0.2) is 28.6 Å². The summed E-state index contributed by atoms with van der Waals surface area (Å²) in [6.45, 7) is 8.12. The van der Waals surface area contributed by atoms with Crippen molar-refractivity contribution in [1.29, 1.82) is 0 Å². The van der Waals surface area contributed by atoms with Gasteiger partial charge in [-0.3, -0.25) is 9.59 Å². The second-order valence-electron chi connectivity index (χ2n) is 9.28. The highest BCUT2D eigenvalue weighted by molar-refractivity contribution is 6.36. The van der Waals surface area contributed by atoms with Crippen molar-refractivity contribution in [3.05, 3.63) is 68.7 Å². The summed E-state index contributed by atoms with van der Waals surface area (Å²) < 4.78 is 17.8. The van der Waals surface area contributed by atoms with Crippen molar-refractivity contribution in [2.45, 2.75) is 58.8 Å². The summed E-state index contributed by atoms with van der Waals surface area (Å²) in [6.07, 6.45) is -1.32. The van der Waals surface area contributed by atoms with E-state index in [1.165, 1.54) is 13.8 Å². The van der Waals surface area contributed by atoms with Crippen LogP contribution in [0.15, 0.2) is 42.5 Å². The minimum absolute atomic E-state index is 0.273. The van der Waals surface area contributed by atoms with Gasteiger partial charge in [0.15, 0.2) is 12.2 Å². The van der Waals surface area contributed by atoms with Crippen LogP contribution in [0.4, 0.5) is 0 Å². The fourth-order valence-corrected chi connectivity index (χ4v) is 5.30. The number of carbonyl (C=O) groups is 2. The summed E-state index contributed by atoms with van der Waals surface area (Å²) in [7, 11) is 0. The van der Waals surface area contributed by atoms with Crippen LogP contribution in [0.25, 0.3) is 22.4 Å². The molecule has 1 aromatic heterocycles. The minimum atomic E-state index is -1.06. The Morgan fingerprint density at radius 2 is 1.59 bits per heavy atom. The Bertz CT molecular complexity index is 1370. The number of esters is 2. The molecule has 0 fully saturated rings. The van der Waals surface area contributed by atoms with E-state index in [0.29, 0.717) is 38.3 Å². The van der Waals surface area contributed by atoms with Gasteiger partial charge in [0.2, 0.25) is 5.88 Å². The lowest BCUT2D eigenvalue weighted by molar-refractivity contribution is -0.188. The Morgan fingerprint density at radius 1 is 0.973 bits per heavy atom. The van der Waals surface area contributed by atoms with Crippen molar-refractivity contribution >= 4 is 46.7 Å². The van der Waals surface area contributed by atoms with Gasteiger partial charge in [0.1, 0.15) is 5.60 Å². The van der Waals surface area contributed by atoms with Gasteiger partial charge in [0.05, 0.1) is 16.3 Å². The van der Waals surface area contributed by atoms with E-state index in [9.17, 15) is 9.59 Å². The van der Waals surface area contributed by atoms with Gasteiger partial charge in [-0.1, -0.05) is 53.9 Å². The summed E-state index contributed by atoms with van der Waals surface area (Å²) in [6, 6.07) is 12.5. The first-order valence-electron chi connectivity index (χ1n) is 11.7. The second kappa shape index (κ2) is 10.5.